The number of aryl methyl sites for hydroxylation is 1. The molecule has 2 nitrogen and oxygen atoms in total. The summed E-state index contributed by atoms with van der Waals surface area (Å²) in [6, 6.07) is 16.1. The van der Waals surface area contributed by atoms with Crippen LogP contribution in [0.25, 0.3) is 0 Å². The number of amides is 1. The summed E-state index contributed by atoms with van der Waals surface area (Å²) in [7, 11) is 0. The Balaban J connectivity index is 1.87. The van der Waals surface area contributed by atoms with Gasteiger partial charge in [-0.05, 0) is 42.7 Å². The monoisotopic (exact) mass is 287 g/mol. The zero-order valence-electron chi connectivity index (χ0n) is 12.5. The van der Waals surface area contributed by atoms with E-state index in [0.717, 1.165) is 23.2 Å². The molecular formula is C20H17NO. The van der Waals surface area contributed by atoms with E-state index in [1.165, 1.54) is 11.1 Å². The maximum absolute atomic E-state index is 12.9. The molecule has 108 valence electrons. The van der Waals surface area contributed by atoms with Crippen molar-refractivity contribution >= 4 is 11.6 Å². The molecule has 1 unspecified atom stereocenters. The zero-order chi connectivity index (χ0) is 15.1. The van der Waals surface area contributed by atoms with Gasteiger partial charge in [-0.25, -0.2) is 0 Å². The normalized spacial score (nSPS) is 19.5. The fourth-order valence-electron chi connectivity index (χ4n) is 3.30. The summed E-state index contributed by atoms with van der Waals surface area (Å²) in [6.45, 7) is 2.06. The van der Waals surface area contributed by atoms with E-state index in [1.54, 1.807) is 0 Å². The van der Waals surface area contributed by atoms with Crippen LogP contribution in [0, 0.1) is 6.92 Å². The largest absolute Gasteiger partial charge is 0.297 e. The highest BCUT2D eigenvalue weighted by atomic mass is 16.2. The van der Waals surface area contributed by atoms with Crippen molar-refractivity contribution in [1.29, 1.82) is 0 Å². The van der Waals surface area contributed by atoms with Gasteiger partial charge in [0.2, 0.25) is 0 Å². The Bertz CT molecular complexity index is 799. The average Bonchev–Trinajstić information content (AvgIpc) is 3.15. The molecule has 4 rings (SSSR count). The lowest BCUT2D eigenvalue weighted by molar-refractivity contribution is 0.0993. The van der Waals surface area contributed by atoms with Gasteiger partial charge in [0.05, 0.1) is 6.04 Å². The number of nitrogens with zero attached hydrogens (tertiary/aromatic N) is 1. The van der Waals surface area contributed by atoms with Crippen LogP contribution in [0.5, 0.6) is 0 Å². The first-order valence-electron chi connectivity index (χ1n) is 7.61. The SMILES string of the molecule is Cc1ccc(N2C(=O)c3ccccc3C2C2=CCC=C2)cc1. The number of hydrogen-bond donors (Lipinski definition) is 0. The maximum atomic E-state index is 12.9. The third-order valence-electron chi connectivity index (χ3n) is 4.39. The van der Waals surface area contributed by atoms with E-state index in [9.17, 15) is 4.79 Å². The number of carbonyl (C=O) groups excluding carboxylic acids is 1. The van der Waals surface area contributed by atoms with Crippen molar-refractivity contribution in [1.82, 2.24) is 0 Å². The lowest BCUT2D eigenvalue weighted by Crippen LogP contribution is -2.28. The molecule has 1 atom stereocenters. The second-order valence-electron chi connectivity index (χ2n) is 5.84. The van der Waals surface area contributed by atoms with Gasteiger partial charge >= 0.3 is 0 Å². The maximum Gasteiger partial charge on any atom is 0.259 e. The highest BCUT2D eigenvalue weighted by Gasteiger charge is 2.39. The summed E-state index contributed by atoms with van der Waals surface area (Å²) in [6.07, 6.45) is 7.44. The van der Waals surface area contributed by atoms with Crippen molar-refractivity contribution in [2.24, 2.45) is 0 Å². The summed E-state index contributed by atoms with van der Waals surface area (Å²) in [4.78, 5) is 14.8. The lowest BCUT2D eigenvalue weighted by Gasteiger charge is -2.26. The predicted octanol–water partition coefficient (Wildman–Crippen LogP) is 4.58. The van der Waals surface area contributed by atoms with Crippen molar-refractivity contribution in [3.63, 3.8) is 0 Å². The number of carbonyl (C=O) groups is 1. The smallest absolute Gasteiger partial charge is 0.259 e. The van der Waals surface area contributed by atoms with Crippen LogP contribution in [0.2, 0.25) is 0 Å². The van der Waals surface area contributed by atoms with Crippen LogP contribution in [-0.2, 0) is 0 Å². The van der Waals surface area contributed by atoms with E-state index in [0.29, 0.717) is 0 Å². The van der Waals surface area contributed by atoms with Crippen LogP contribution in [0.1, 0.15) is 33.9 Å². The molecular weight excluding hydrogens is 270 g/mol. The van der Waals surface area contributed by atoms with Crippen molar-refractivity contribution in [3.05, 3.63) is 89.0 Å². The topological polar surface area (TPSA) is 20.3 Å². The second-order valence-corrected chi connectivity index (χ2v) is 5.84. The number of anilines is 1. The minimum atomic E-state index is -0.00911. The van der Waals surface area contributed by atoms with Crippen LogP contribution in [-0.4, -0.2) is 5.91 Å². The van der Waals surface area contributed by atoms with E-state index in [-0.39, 0.29) is 11.9 Å². The van der Waals surface area contributed by atoms with Gasteiger partial charge in [-0.3, -0.25) is 9.69 Å². The Morgan fingerprint density at radius 2 is 1.82 bits per heavy atom. The Morgan fingerprint density at radius 1 is 1.05 bits per heavy atom. The number of allylic oxidation sites excluding steroid dienone is 2. The fraction of sp³-hybridized carbons (Fsp3) is 0.150. The molecule has 2 aromatic carbocycles. The third-order valence-corrected chi connectivity index (χ3v) is 4.39. The first kappa shape index (κ1) is 13.1. The Morgan fingerprint density at radius 3 is 2.55 bits per heavy atom. The minimum Gasteiger partial charge on any atom is -0.297 e. The molecule has 0 radical (unpaired) electrons. The van der Waals surface area contributed by atoms with Gasteiger partial charge in [-0.15, -0.1) is 0 Å². The molecule has 0 saturated carbocycles. The Labute approximate surface area is 130 Å². The second kappa shape index (κ2) is 4.99. The first-order valence-corrected chi connectivity index (χ1v) is 7.61. The van der Waals surface area contributed by atoms with E-state index in [2.05, 4.69) is 43.4 Å². The Kier molecular flexibility index (Phi) is 2.97. The van der Waals surface area contributed by atoms with Crippen molar-refractivity contribution in [3.8, 4) is 0 Å². The summed E-state index contributed by atoms with van der Waals surface area (Å²) < 4.78 is 0. The van der Waals surface area contributed by atoms with Crippen LogP contribution >= 0.6 is 0 Å². The molecule has 0 fully saturated rings. The zero-order valence-corrected chi connectivity index (χ0v) is 12.5. The molecule has 2 aliphatic rings. The molecule has 0 aromatic heterocycles. The summed E-state index contributed by atoms with van der Waals surface area (Å²) >= 11 is 0. The molecule has 22 heavy (non-hydrogen) atoms. The lowest BCUT2D eigenvalue weighted by atomic mass is 9.98. The van der Waals surface area contributed by atoms with Gasteiger partial charge in [0.15, 0.2) is 0 Å². The van der Waals surface area contributed by atoms with Gasteiger partial charge in [-0.2, -0.15) is 0 Å². The molecule has 1 aliphatic carbocycles. The molecule has 0 spiro atoms. The first-order chi connectivity index (χ1) is 10.8. The molecule has 0 bridgehead atoms. The highest BCUT2D eigenvalue weighted by molar-refractivity contribution is 6.11. The minimum absolute atomic E-state index is 0.00911. The fourth-order valence-corrected chi connectivity index (χ4v) is 3.30. The van der Waals surface area contributed by atoms with Gasteiger partial charge < -0.3 is 0 Å². The third kappa shape index (κ3) is 1.92. The van der Waals surface area contributed by atoms with Gasteiger partial charge in [0, 0.05) is 11.3 Å². The van der Waals surface area contributed by atoms with E-state index < -0.39 is 0 Å². The van der Waals surface area contributed by atoms with E-state index >= 15 is 0 Å². The molecule has 2 aromatic rings. The van der Waals surface area contributed by atoms with E-state index in [4.69, 9.17) is 0 Å². The number of hydrogen-bond acceptors (Lipinski definition) is 1. The van der Waals surface area contributed by atoms with Crippen LogP contribution < -0.4 is 4.90 Å². The van der Waals surface area contributed by atoms with Gasteiger partial charge in [-0.1, -0.05) is 54.1 Å². The summed E-state index contributed by atoms with van der Waals surface area (Å²) in [5, 5.41) is 0. The molecule has 0 saturated heterocycles. The average molecular weight is 287 g/mol. The van der Waals surface area contributed by atoms with Crippen molar-refractivity contribution < 1.29 is 4.79 Å². The molecule has 2 heteroatoms. The quantitative estimate of drug-likeness (QED) is 0.791. The van der Waals surface area contributed by atoms with Gasteiger partial charge in [0.25, 0.3) is 5.91 Å². The summed E-state index contributed by atoms with van der Waals surface area (Å²) in [5.41, 5.74) is 5.28. The molecule has 0 N–H and O–H groups in total. The van der Waals surface area contributed by atoms with Crippen LogP contribution in [0.15, 0.2) is 72.3 Å². The molecule has 1 aliphatic heterocycles. The van der Waals surface area contributed by atoms with Gasteiger partial charge in [0.1, 0.15) is 0 Å². The van der Waals surface area contributed by atoms with Crippen molar-refractivity contribution in [2.75, 3.05) is 4.90 Å². The standard InChI is InChI=1S/C20H17NO/c1-14-10-12-16(13-11-14)21-19(15-6-2-3-7-15)17-8-4-5-9-18(17)20(21)22/h2,4-13,19H,3H2,1H3. The number of benzene rings is 2. The van der Waals surface area contributed by atoms with E-state index in [1.807, 2.05) is 35.2 Å². The predicted molar refractivity (Wildman–Crippen MR) is 89.0 cm³/mol. The number of rotatable bonds is 2. The molecule has 1 heterocycles. The highest BCUT2D eigenvalue weighted by Crippen LogP contribution is 2.43. The summed E-state index contributed by atoms with van der Waals surface area (Å²) in [5.74, 6) is 0.0886. The Hall–Kier alpha value is -2.61. The van der Waals surface area contributed by atoms with Crippen molar-refractivity contribution in [2.45, 2.75) is 19.4 Å². The number of fused-ring (bicyclic) bond motifs is 1. The van der Waals surface area contributed by atoms with Crippen LogP contribution in [0.3, 0.4) is 0 Å². The van der Waals surface area contributed by atoms with Crippen LogP contribution in [0.4, 0.5) is 5.69 Å². The molecule has 1 amide bonds.